The van der Waals surface area contributed by atoms with Gasteiger partial charge in [0.05, 0.1) is 19.2 Å². The Balaban J connectivity index is 2.01. The Hall–Kier alpha value is -3.11. The van der Waals surface area contributed by atoms with Crippen molar-refractivity contribution in [1.82, 2.24) is 4.57 Å². The molecule has 0 aliphatic carbocycles. The van der Waals surface area contributed by atoms with Crippen LogP contribution in [0.5, 0.6) is 5.75 Å². The molecule has 1 heterocycles. The number of hydrogen-bond donors (Lipinski definition) is 0. The minimum Gasteiger partial charge on any atom is -0.491 e. The van der Waals surface area contributed by atoms with Crippen molar-refractivity contribution >= 4 is 22.5 Å². The molecule has 140 valence electrons. The van der Waals surface area contributed by atoms with Gasteiger partial charge in [-0.2, -0.15) is 0 Å². The summed E-state index contributed by atoms with van der Waals surface area (Å²) in [5.41, 5.74) is 2.40. The molecule has 0 saturated carbocycles. The number of aromatic nitrogens is 1. The van der Waals surface area contributed by atoms with Crippen molar-refractivity contribution in [2.24, 2.45) is 0 Å². The van der Waals surface area contributed by atoms with Crippen molar-refractivity contribution in [3.8, 4) is 16.9 Å². The van der Waals surface area contributed by atoms with Gasteiger partial charge in [-0.15, -0.1) is 0 Å². The number of fused-ring (bicyclic) bond motifs is 1. The van der Waals surface area contributed by atoms with E-state index in [9.17, 15) is 9.18 Å². The maximum absolute atomic E-state index is 14.4. The number of benzene rings is 3. The summed E-state index contributed by atoms with van der Waals surface area (Å²) < 4.78 is 21.4. The number of rotatable bonds is 4. The first-order valence-electron chi connectivity index (χ1n) is 8.79. The van der Waals surface area contributed by atoms with Gasteiger partial charge in [0.2, 0.25) is 0 Å². The number of halogens is 2. The molecule has 0 spiro atoms. The Morgan fingerprint density at radius 3 is 2.43 bits per heavy atom. The van der Waals surface area contributed by atoms with Crippen LogP contribution in [0.15, 0.2) is 77.6 Å². The van der Waals surface area contributed by atoms with Gasteiger partial charge in [0.15, 0.2) is 5.75 Å². The van der Waals surface area contributed by atoms with Crippen LogP contribution < -0.4 is 10.3 Å². The lowest BCUT2D eigenvalue weighted by atomic mass is 9.99. The largest absolute Gasteiger partial charge is 0.491 e. The minimum absolute atomic E-state index is 0.0772. The first-order chi connectivity index (χ1) is 13.6. The van der Waals surface area contributed by atoms with Crippen LogP contribution in [-0.4, -0.2) is 11.7 Å². The van der Waals surface area contributed by atoms with Crippen LogP contribution in [0.4, 0.5) is 4.39 Å². The van der Waals surface area contributed by atoms with Crippen molar-refractivity contribution in [3.63, 3.8) is 0 Å². The lowest BCUT2D eigenvalue weighted by molar-refractivity contribution is 0.407. The molecule has 0 amide bonds. The summed E-state index contributed by atoms with van der Waals surface area (Å²) in [7, 11) is 1.48. The molecular weight excluding hydrogens is 377 g/mol. The highest BCUT2D eigenvalue weighted by Crippen LogP contribution is 2.34. The summed E-state index contributed by atoms with van der Waals surface area (Å²) >= 11 is 5.85. The third-order valence-electron chi connectivity index (χ3n) is 4.74. The quantitative estimate of drug-likeness (QED) is 0.457. The van der Waals surface area contributed by atoms with E-state index in [0.717, 1.165) is 16.5 Å². The Kier molecular flexibility index (Phi) is 4.88. The molecule has 0 unspecified atom stereocenters. The monoisotopic (exact) mass is 393 g/mol. The Labute approximate surface area is 166 Å². The molecule has 0 bridgehead atoms. The van der Waals surface area contributed by atoms with Crippen LogP contribution in [0.25, 0.3) is 22.0 Å². The number of nitrogens with zero attached hydrogens (tertiary/aromatic N) is 1. The highest BCUT2D eigenvalue weighted by Gasteiger charge is 2.19. The van der Waals surface area contributed by atoms with Crippen molar-refractivity contribution in [2.45, 2.75) is 6.54 Å². The summed E-state index contributed by atoms with van der Waals surface area (Å²) in [6.45, 7) is 0.0772. The third-order valence-corrected chi connectivity index (χ3v) is 4.98. The van der Waals surface area contributed by atoms with Gasteiger partial charge in [-0.25, -0.2) is 4.39 Å². The van der Waals surface area contributed by atoms with Crippen molar-refractivity contribution < 1.29 is 9.13 Å². The minimum atomic E-state index is -0.449. The summed E-state index contributed by atoms with van der Waals surface area (Å²) in [6.07, 6.45) is 0. The second-order valence-electron chi connectivity index (χ2n) is 6.42. The lowest BCUT2D eigenvalue weighted by Crippen LogP contribution is -2.24. The molecule has 0 saturated heterocycles. The molecule has 3 nitrogen and oxygen atoms in total. The highest BCUT2D eigenvalue weighted by atomic mass is 35.5. The molecule has 1 aromatic heterocycles. The Morgan fingerprint density at radius 2 is 1.71 bits per heavy atom. The van der Waals surface area contributed by atoms with Gasteiger partial charge in [0, 0.05) is 21.5 Å². The molecule has 0 N–H and O–H groups in total. The van der Waals surface area contributed by atoms with Gasteiger partial charge in [0.1, 0.15) is 5.82 Å². The fourth-order valence-electron chi connectivity index (χ4n) is 3.44. The topological polar surface area (TPSA) is 31.2 Å². The van der Waals surface area contributed by atoms with Gasteiger partial charge in [-0.05, 0) is 23.8 Å². The van der Waals surface area contributed by atoms with Gasteiger partial charge >= 0.3 is 0 Å². The number of methoxy groups -OCH3 is 1. The first-order valence-corrected chi connectivity index (χ1v) is 9.17. The molecule has 0 atom stereocenters. The van der Waals surface area contributed by atoms with Gasteiger partial charge in [0.25, 0.3) is 5.56 Å². The van der Waals surface area contributed by atoms with E-state index in [4.69, 9.17) is 16.3 Å². The van der Waals surface area contributed by atoms with E-state index in [0.29, 0.717) is 16.1 Å². The maximum Gasteiger partial charge on any atom is 0.294 e. The second kappa shape index (κ2) is 7.49. The molecule has 0 fully saturated rings. The number of para-hydroxylation sites is 1. The van der Waals surface area contributed by atoms with Crippen molar-refractivity contribution in [1.29, 1.82) is 0 Å². The summed E-state index contributed by atoms with van der Waals surface area (Å²) in [6, 6.07) is 21.6. The van der Waals surface area contributed by atoms with Crippen LogP contribution in [0, 0.1) is 5.82 Å². The smallest absolute Gasteiger partial charge is 0.294 e. The van der Waals surface area contributed by atoms with Crippen molar-refractivity contribution in [2.75, 3.05) is 7.11 Å². The molecule has 28 heavy (non-hydrogen) atoms. The molecule has 0 aliphatic heterocycles. The average molecular weight is 394 g/mol. The van der Waals surface area contributed by atoms with E-state index in [1.165, 1.54) is 17.7 Å². The maximum atomic E-state index is 14.4. The first kappa shape index (κ1) is 18.3. The standard InChI is InChI=1S/C23H17ClFNO2/c1-28-22-21(15-7-3-2-4-8-15)18-9-5-6-10-20(18)26(23(22)27)14-16-11-12-17(24)13-19(16)25/h2-13H,14H2,1H3. The summed E-state index contributed by atoms with van der Waals surface area (Å²) in [5.74, 6) is -0.214. The van der Waals surface area contributed by atoms with Gasteiger partial charge < -0.3 is 9.30 Å². The van der Waals surface area contributed by atoms with E-state index in [1.807, 2.05) is 54.6 Å². The van der Waals surface area contributed by atoms with E-state index >= 15 is 0 Å². The van der Waals surface area contributed by atoms with Gasteiger partial charge in [-0.1, -0.05) is 66.2 Å². The number of hydrogen-bond acceptors (Lipinski definition) is 2. The zero-order valence-corrected chi connectivity index (χ0v) is 15.9. The van der Waals surface area contributed by atoms with Gasteiger partial charge in [-0.3, -0.25) is 4.79 Å². The van der Waals surface area contributed by atoms with E-state index < -0.39 is 5.82 Å². The molecule has 0 aliphatic rings. The summed E-state index contributed by atoms with van der Waals surface area (Å²) in [4.78, 5) is 13.3. The predicted molar refractivity (Wildman–Crippen MR) is 111 cm³/mol. The zero-order chi connectivity index (χ0) is 19.7. The second-order valence-corrected chi connectivity index (χ2v) is 6.85. The summed E-state index contributed by atoms with van der Waals surface area (Å²) in [5, 5.41) is 1.18. The Bertz CT molecular complexity index is 1220. The van der Waals surface area contributed by atoms with Crippen LogP contribution in [0.3, 0.4) is 0 Å². The molecular formula is C23H17ClFNO2. The lowest BCUT2D eigenvalue weighted by Gasteiger charge is -2.17. The van der Waals surface area contributed by atoms with Crippen LogP contribution in [-0.2, 0) is 6.54 Å². The van der Waals surface area contributed by atoms with Crippen LogP contribution >= 0.6 is 11.6 Å². The SMILES string of the molecule is COc1c(-c2ccccc2)c2ccccc2n(Cc2ccc(Cl)cc2F)c1=O. The molecule has 5 heteroatoms. The normalized spacial score (nSPS) is 11.0. The molecule has 3 aromatic carbocycles. The highest BCUT2D eigenvalue weighted by molar-refractivity contribution is 6.30. The van der Waals surface area contributed by atoms with E-state index in [1.54, 1.807) is 12.1 Å². The number of pyridine rings is 1. The van der Waals surface area contributed by atoms with E-state index in [-0.39, 0.29) is 17.9 Å². The average Bonchev–Trinajstić information content (AvgIpc) is 2.71. The van der Waals surface area contributed by atoms with Crippen LogP contribution in [0.1, 0.15) is 5.56 Å². The fourth-order valence-corrected chi connectivity index (χ4v) is 3.60. The number of ether oxygens (including phenoxy) is 1. The predicted octanol–water partition coefficient (Wildman–Crippen LogP) is 5.52. The molecule has 0 radical (unpaired) electrons. The molecule has 4 rings (SSSR count). The van der Waals surface area contributed by atoms with Crippen molar-refractivity contribution in [3.05, 3.63) is 99.6 Å². The zero-order valence-electron chi connectivity index (χ0n) is 15.2. The van der Waals surface area contributed by atoms with E-state index in [2.05, 4.69) is 0 Å². The third kappa shape index (κ3) is 3.16. The Morgan fingerprint density at radius 1 is 1.00 bits per heavy atom. The van der Waals surface area contributed by atoms with Crippen LogP contribution in [0.2, 0.25) is 5.02 Å². The fraction of sp³-hybridized carbons (Fsp3) is 0.0870. The molecule has 4 aromatic rings.